The number of hydrogen-bond acceptors (Lipinski definition) is 6. The lowest BCUT2D eigenvalue weighted by molar-refractivity contribution is -0.167. The Hall–Kier alpha value is -3.15. The minimum atomic E-state index is -0.794. The molecule has 0 aliphatic heterocycles. The fraction of sp³-hybridized carbons (Fsp3) is 0.746. The predicted molar refractivity (Wildman–Crippen MR) is 279 cm³/mol. The van der Waals surface area contributed by atoms with Gasteiger partial charge in [-0.05, 0) is 89.9 Å². The summed E-state index contributed by atoms with van der Waals surface area (Å²) in [5, 5.41) is 0. The van der Waals surface area contributed by atoms with Crippen molar-refractivity contribution in [2.75, 3.05) is 13.2 Å². The van der Waals surface area contributed by atoms with Crippen LogP contribution in [0.1, 0.15) is 265 Å². The molecule has 0 aromatic carbocycles. The molecular formula is C59H102O6. The number of allylic oxidation sites excluding steroid dienone is 12. The van der Waals surface area contributed by atoms with Crippen LogP contribution in [0.15, 0.2) is 72.9 Å². The summed E-state index contributed by atoms with van der Waals surface area (Å²) in [4.78, 5) is 38.1. The Morgan fingerprint density at radius 2 is 0.615 bits per heavy atom. The van der Waals surface area contributed by atoms with E-state index in [4.69, 9.17) is 14.2 Å². The molecule has 0 fully saturated rings. The molecule has 1 atom stereocenters. The van der Waals surface area contributed by atoms with Gasteiger partial charge in [-0.2, -0.15) is 0 Å². The van der Waals surface area contributed by atoms with Gasteiger partial charge in [-0.25, -0.2) is 0 Å². The van der Waals surface area contributed by atoms with E-state index in [1.165, 1.54) is 122 Å². The molecule has 6 heteroatoms. The van der Waals surface area contributed by atoms with Gasteiger partial charge in [-0.15, -0.1) is 0 Å². The lowest BCUT2D eigenvalue weighted by atomic mass is 10.1. The molecule has 1 unspecified atom stereocenters. The van der Waals surface area contributed by atoms with Crippen LogP contribution in [0, 0.1) is 0 Å². The molecule has 0 saturated heterocycles. The van der Waals surface area contributed by atoms with Crippen LogP contribution < -0.4 is 0 Å². The molecule has 0 heterocycles. The number of unbranched alkanes of at least 4 members (excludes halogenated alkanes) is 29. The highest BCUT2D eigenvalue weighted by molar-refractivity contribution is 5.71. The summed E-state index contributed by atoms with van der Waals surface area (Å²) in [6.45, 7) is 6.47. The van der Waals surface area contributed by atoms with Crippen molar-refractivity contribution in [2.45, 2.75) is 271 Å². The Balaban J connectivity index is 4.43. The molecule has 0 spiro atoms. The topological polar surface area (TPSA) is 78.9 Å². The average Bonchev–Trinajstić information content (AvgIpc) is 3.30. The summed E-state index contributed by atoms with van der Waals surface area (Å²) < 4.78 is 16.8. The van der Waals surface area contributed by atoms with Crippen LogP contribution in [-0.2, 0) is 28.6 Å². The summed E-state index contributed by atoms with van der Waals surface area (Å²) in [6, 6.07) is 0. The van der Waals surface area contributed by atoms with E-state index in [1.54, 1.807) is 0 Å². The smallest absolute Gasteiger partial charge is 0.306 e. The van der Waals surface area contributed by atoms with Crippen molar-refractivity contribution in [3.63, 3.8) is 0 Å². The molecule has 0 radical (unpaired) electrons. The van der Waals surface area contributed by atoms with E-state index < -0.39 is 6.10 Å². The molecule has 374 valence electrons. The lowest BCUT2D eigenvalue weighted by Crippen LogP contribution is -2.30. The number of rotatable bonds is 49. The number of ether oxygens (including phenoxy) is 3. The number of carbonyl (C=O) groups excluding carboxylic acids is 3. The second kappa shape index (κ2) is 53.5. The van der Waals surface area contributed by atoms with Gasteiger partial charge in [0.15, 0.2) is 6.10 Å². The highest BCUT2D eigenvalue weighted by Crippen LogP contribution is 2.14. The quantitative estimate of drug-likeness (QED) is 0.0199. The third kappa shape index (κ3) is 51.7. The molecule has 0 aromatic rings. The van der Waals surface area contributed by atoms with Crippen LogP contribution in [0.4, 0.5) is 0 Å². The molecule has 0 amide bonds. The van der Waals surface area contributed by atoms with Crippen LogP contribution in [0.2, 0.25) is 0 Å². The zero-order valence-corrected chi connectivity index (χ0v) is 42.7. The van der Waals surface area contributed by atoms with Crippen molar-refractivity contribution < 1.29 is 28.6 Å². The van der Waals surface area contributed by atoms with Gasteiger partial charge < -0.3 is 14.2 Å². The van der Waals surface area contributed by atoms with E-state index in [-0.39, 0.29) is 31.1 Å². The minimum absolute atomic E-state index is 0.0930. The second-order valence-corrected chi connectivity index (χ2v) is 18.2. The van der Waals surface area contributed by atoms with Crippen LogP contribution >= 0.6 is 0 Å². The van der Waals surface area contributed by atoms with E-state index in [2.05, 4.69) is 93.7 Å². The van der Waals surface area contributed by atoms with Gasteiger partial charge in [-0.3, -0.25) is 14.4 Å². The molecular weight excluding hydrogens is 805 g/mol. The first-order valence-electron chi connectivity index (χ1n) is 27.5. The minimum Gasteiger partial charge on any atom is -0.462 e. The van der Waals surface area contributed by atoms with E-state index in [0.717, 1.165) is 103 Å². The Kier molecular flexibility index (Phi) is 50.9. The lowest BCUT2D eigenvalue weighted by Gasteiger charge is -2.18. The molecule has 0 aromatic heterocycles. The molecule has 65 heavy (non-hydrogen) atoms. The predicted octanol–water partition coefficient (Wildman–Crippen LogP) is 18.2. The fourth-order valence-corrected chi connectivity index (χ4v) is 7.60. The average molecular weight is 907 g/mol. The zero-order chi connectivity index (χ0) is 47.2. The van der Waals surface area contributed by atoms with Gasteiger partial charge in [0.25, 0.3) is 0 Å². The summed E-state index contributed by atoms with van der Waals surface area (Å²) in [5.74, 6) is -0.930. The summed E-state index contributed by atoms with van der Waals surface area (Å²) in [7, 11) is 0. The normalized spacial score (nSPS) is 12.6. The standard InChI is InChI=1S/C59H102O6/c1-4-7-10-13-16-19-22-25-28-29-30-32-34-37-40-43-46-49-52-58(61)64-55-56(54-63-57(60)51-48-45-42-39-36-33-27-24-21-18-15-12-9-6-3)65-59(62)53-50-47-44-41-38-35-31-26-23-20-17-14-11-8-5-2/h8,11,14,17,20,23,28-30,32-33,36,56H,4-7,9-10,12-13,15-16,18-19,21-22,24-27,31,34-35,37-55H2,1-3H3/b11-8-,17-14-,23-20-,29-28-,32-30-,36-33-. The van der Waals surface area contributed by atoms with Crippen molar-refractivity contribution >= 4 is 17.9 Å². The molecule has 6 nitrogen and oxygen atoms in total. The molecule has 0 rings (SSSR count). The highest BCUT2D eigenvalue weighted by Gasteiger charge is 2.19. The maximum atomic E-state index is 12.8. The fourth-order valence-electron chi connectivity index (χ4n) is 7.60. The van der Waals surface area contributed by atoms with E-state index in [0.29, 0.717) is 19.3 Å². The van der Waals surface area contributed by atoms with E-state index in [9.17, 15) is 14.4 Å². The number of esters is 3. The largest absolute Gasteiger partial charge is 0.462 e. The van der Waals surface area contributed by atoms with Gasteiger partial charge in [0.1, 0.15) is 13.2 Å². The van der Waals surface area contributed by atoms with E-state index in [1.807, 2.05) is 0 Å². The Labute approximate surface area is 402 Å². The van der Waals surface area contributed by atoms with Crippen molar-refractivity contribution in [2.24, 2.45) is 0 Å². The van der Waals surface area contributed by atoms with Gasteiger partial charge in [0.2, 0.25) is 0 Å². The van der Waals surface area contributed by atoms with Crippen molar-refractivity contribution in [3.8, 4) is 0 Å². The van der Waals surface area contributed by atoms with Gasteiger partial charge >= 0.3 is 17.9 Å². The van der Waals surface area contributed by atoms with Gasteiger partial charge in [0, 0.05) is 19.3 Å². The second-order valence-electron chi connectivity index (χ2n) is 18.2. The Morgan fingerprint density at radius 1 is 0.323 bits per heavy atom. The highest BCUT2D eigenvalue weighted by atomic mass is 16.6. The molecule has 0 aliphatic rings. The first kappa shape index (κ1) is 61.9. The van der Waals surface area contributed by atoms with Crippen LogP contribution in [0.5, 0.6) is 0 Å². The summed E-state index contributed by atoms with van der Waals surface area (Å²) >= 11 is 0. The van der Waals surface area contributed by atoms with Gasteiger partial charge in [0.05, 0.1) is 0 Å². The summed E-state index contributed by atoms with van der Waals surface area (Å²) in [5.41, 5.74) is 0. The van der Waals surface area contributed by atoms with Crippen molar-refractivity contribution in [1.29, 1.82) is 0 Å². The maximum Gasteiger partial charge on any atom is 0.306 e. The number of hydrogen-bond donors (Lipinski definition) is 0. The SMILES string of the molecule is CC\C=C/C=C\C=C/CCCCCCCCCC(=O)OC(COC(=O)CCCCC/C=C\CCCCCCCCC)COC(=O)CCCCCCC/C=C\C=C/CCCCCCCCC. The molecule has 0 saturated carbocycles. The molecule has 0 N–H and O–H groups in total. The third-order valence-corrected chi connectivity index (χ3v) is 11.8. The van der Waals surface area contributed by atoms with Crippen LogP contribution in [0.25, 0.3) is 0 Å². The zero-order valence-electron chi connectivity index (χ0n) is 42.7. The first-order chi connectivity index (χ1) is 32.0. The van der Waals surface area contributed by atoms with Crippen LogP contribution in [-0.4, -0.2) is 37.2 Å². The third-order valence-electron chi connectivity index (χ3n) is 11.8. The summed E-state index contributed by atoms with van der Waals surface area (Å²) in [6.07, 6.45) is 67.4. The molecule has 0 aliphatic carbocycles. The van der Waals surface area contributed by atoms with Crippen molar-refractivity contribution in [1.82, 2.24) is 0 Å². The van der Waals surface area contributed by atoms with Gasteiger partial charge in [-0.1, -0.05) is 229 Å². The first-order valence-corrected chi connectivity index (χ1v) is 27.5. The molecule has 0 bridgehead atoms. The number of carbonyl (C=O) groups is 3. The van der Waals surface area contributed by atoms with Crippen LogP contribution in [0.3, 0.4) is 0 Å². The Bertz CT molecular complexity index is 1230. The monoisotopic (exact) mass is 907 g/mol. The van der Waals surface area contributed by atoms with E-state index >= 15 is 0 Å². The van der Waals surface area contributed by atoms with Crippen molar-refractivity contribution in [3.05, 3.63) is 72.9 Å². The Morgan fingerprint density at radius 3 is 1.00 bits per heavy atom. The maximum absolute atomic E-state index is 12.8.